The molecule has 2 atom stereocenters. The van der Waals surface area contributed by atoms with E-state index in [1.165, 1.54) is 0 Å². The van der Waals surface area contributed by atoms with Gasteiger partial charge >= 0.3 is 6.09 Å². The first-order chi connectivity index (χ1) is 5.02. The van der Waals surface area contributed by atoms with E-state index in [2.05, 4.69) is 0 Å². The van der Waals surface area contributed by atoms with E-state index in [9.17, 15) is 4.79 Å². The second-order valence-corrected chi connectivity index (χ2v) is 3.32. The number of amides is 1. The van der Waals surface area contributed by atoms with E-state index in [-0.39, 0.29) is 11.6 Å². The van der Waals surface area contributed by atoms with Crippen LogP contribution in [0, 0.1) is 0 Å². The van der Waals surface area contributed by atoms with E-state index in [1.54, 1.807) is 0 Å². The Hall–Kier alpha value is -0.770. The summed E-state index contributed by atoms with van der Waals surface area (Å²) in [6.07, 6.45) is 1.81. The molecular formula is C7H14N2O2. The van der Waals surface area contributed by atoms with Gasteiger partial charge in [0.15, 0.2) is 0 Å². The highest BCUT2D eigenvalue weighted by Gasteiger charge is 2.37. The quantitative estimate of drug-likeness (QED) is 0.578. The number of ether oxygens (including phenoxy) is 1. The van der Waals surface area contributed by atoms with E-state index in [1.807, 2.05) is 6.92 Å². The van der Waals surface area contributed by atoms with Gasteiger partial charge in [-0.15, -0.1) is 0 Å². The highest BCUT2D eigenvalue weighted by atomic mass is 16.6. The van der Waals surface area contributed by atoms with Crippen molar-refractivity contribution in [3.05, 3.63) is 0 Å². The maximum Gasteiger partial charge on any atom is 0.404 e. The number of primary amides is 1. The predicted molar refractivity (Wildman–Crippen MR) is 40.9 cm³/mol. The number of carbonyl (C=O) groups is 1. The summed E-state index contributed by atoms with van der Waals surface area (Å²) in [6.45, 7) is 1.88. The van der Waals surface area contributed by atoms with Crippen molar-refractivity contribution in [2.24, 2.45) is 11.5 Å². The van der Waals surface area contributed by atoms with E-state index in [4.69, 9.17) is 16.2 Å². The normalized spacial score (nSPS) is 37.1. The van der Waals surface area contributed by atoms with Crippen LogP contribution in [0.25, 0.3) is 0 Å². The molecule has 2 unspecified atom stereocenters. The summed E-state index contributed by atoms with van der Waals surface area (Å²) in [6, 6.07) is 0. The van der Waals surface area contributed by atoms with Gasteiger partial charge in [0, 0.05) is 0 Å². The molecule has 0 radical (unpaired) electrons. The van der Waals surface area contributed by atoms with Crippen molar-refractivity contribution in [2.75, 3.05) is 0 Å². The molecule has 1 rings (SSSR count). The molecule has 4 N–H and O–H groups in total. The van der Waals surface area contributed by atoms with Gasteiger partial charge in [0.2, 0.25) is 0 Å². The number of hydrogen-bond donors (Lipinski definition) is 2. The predicted octanol–water partition coefficient (Wildman–Crippen LogP) is 0.352. The first kappa shape index (κ1) is 8.33. The maximum absolute atomic E-state index is 10.4. The SMILES string of the molecule is CC1(N)CCCC1OC(N)=O. The van der Waals surface area contributed by atoms with Crippen molar-refractivity contribution < 1.29 is 9.53 Å². The zero-order valence-electron chi connectivity index (χ0n) is 6.67. The lowest BCUT2D eigenvalue weighted by Crippen LogP contribution is -2.46. The lowest BCUT2D eigenvalue weighted by molar-refractivity contribution is 0.0761. The van der Waals surface area contributed by atoms with Crippen LogP contribution in [-0.2, 0) is 4.74 Å². The fourth-order valence-corrected chi connectivity index (χ4v) is 1.49. The van der Waals surface area contributed by atoms with E-state index >= 15 is 0 Å². The molecule has 4 heteroatoms. The number of nitrogens with two attached hydrogens (primary N) is 2. The third-order valence-electron chi connectivity index (χ3n) is 2.18. The van der Waals surface area contributed by atoms with Gasteiger partial charge in [0.25, 0.3) is 0 Å². The van der Waals surface area contributed by atoms with Crippen LogP contribution in [0.4, 0.5) is 4.79 Å². The molecule has 1 aliphatic rings. The van der Waals surface area contributed by atoms with Gasteiger partial charge in [0.1, 0.15) is 6.10 Å². The van der Waals surface area contributed by atoms with E-state index in [0.717, 1.165) is 19.3 Å². The van der Waals surface area contributed by atoms with E-state index in [0.29, 0.717) is 0 Å². The van der Waals surface area contributed by atoms with Crippen molar-refractivity contribution in [3.63, 3.8) is 0 Å². The molecule has 0 saturated heterocycles. The summed E-state index contributed by atoms with van der Waals surface area (Å²) in [5.74, 6) is 0. The molecule has 0 heterocycles. The summed E-state index contributed by atoms with van der Waals surface area (Å²) in [4.78, 5) is 10.4. The minimum atomic E-state index is -0.728. The van der Waals surface area contributed by atoms with E-state index < -0.39 is 6.09 Å². The molecule has 4 nitrogen and oxygen atoms in total. The molecule has 0 aromatic carbocycles. The molecule has 0 aromatic rings. The van der Waals surface area contributed by atoms with Gasteiger partial charge in [0.05, 0.1) is 5.54 Å². The zero-order chi connectivity index (χ0) is 8.48. The van der Waals surface area contributed by atoms with Crippen LogP contribution in [0.1, 0.15) is 26.2 Å². The number of hydrogen-bond acceptors (Lipinski definition) is 3. The van der Waals surface area contributed by atoms with Crippen LogP contribution in [0.3, 0.4) is 0 Å². The molecular weight excluding hydrogens is 144 g/mol. The second kappa shape index (κ2) is 2.70. The van der Waals surface area contributed by atoms with Crippen molar-refractivity contribution in [1.82, 2.24) is 0 Å². The van der Waals surface area contributed by atoms with Crippen LogP contribution in [0.2, 0.25) is 0 Å². The lowest BCUT2D eigenvalue weighted by Gasteiger charge is -2.25. The van der Waals surface area contributed by atoms with Crippen molar-refractivity contribution >= 4 is 6.09 Å². The minimum Gasteiger partial charge on any atom is -0.444 e. The first-order valence-corrected chi connectivity index (χ1v) is 3.77. The van der Waals surface area contributed by atoms with Gasteiger partial charge in [-0.05, 0) is 26.2 Å². The Labute approximate surface area is 65.9 Å². The standard InChI is InChI=1S/C7H14N2O2/c1-7(9)4-2-3-5(7)11-6(8)10/h5H,2-4,9H2,1H3,(H2,8,10). The zero-order valence-corrected chi connectivity index (χ0v) is 6.67. The Morgan fingerprint density at radius 1 is 1.73 bits per heavy atom. The van der Waals surface area contributed by atoms with Gasteiger partial charge in [-0.1, -0.05) is 0 Å². The van der Waals surface area contributed by atoms with Gasteiger partial charge in [-0.2, -0.15) is 0 Å². The third-order valence-corrected chi connectivity index (χ3v) is 2.18. The molecule has 0 spiro atoms. The molecule has 11 heavy (non-hydrogen) atoms. The molecule has 0 aliphatic heterocycles. The van der Waals surface area contributed by atoms with Crippen LogP contribution < -0.4 is 11.5 Å². The van der Waals surface area contributed by atoms with Crippen molar-refractivity contribution in [1.29, 1.82) is 0 Å². The highest BCUT2D eigenvalue weighted by molar-refractivity contribution is 5.65. The third kappa shape index (κ3) is 1.83. The smallest absolute Gasteiger partial charge is 0.404 e. The Bertz CT molecular complexity index is 168. The Morgan fingerprint density at radius 2 is 2.36 bits per heavy atom. The Kier molecular flexibility index (Phi) is 2.04. The minimum absolute atomic E-state index is 0.194. The summed E-state index contributed by atoms with van der Waals surface area (Å²) < 4.78 is 4.84. The van der Waals surface area contributed by atoms with Crippen LogP contribution >= 0.6 is 0 Å². The van der Waals surface area contributed by atoms with Crippen molar-refractivity contribution in [3.8, 4) is 0 Å². The maximum atomic E-state index is 10.4. The van der Waals surface area contributed by atoms with Crippen LogP contribution in [0.5, 0.6) is 0 Å². The summed E-state index contributed by atoms with van der Waals surface area (Å²) >= 11 is 0. The Balaban J connectivity index is 2.51. The molecule has 0 bridgehead atoms. The molecule has 1 saturated carbocycles. The number of rotatable bonds is 1. The van der Waals surface area contributed by atoms with Gasteiger partial charge < -0.3 is 16.2 Å². The summed E-state index contributed by atoms with van der Waals surface area (Å²) in [5.41, 5.74) is 10.3. The Morgan fingerprint density at radius 3 is 2.73 bits per heavy atom. The van der Waals surface area contributed by atoms with Gasteiger partial charge in [-0.25, -0.2) is 4.79 Å². The molecule has 1 fully saturated rings. The average molecular weight is 158 g/mol. The fourth-order valence-electron chi connectivity index (χ4n) is 1.49. The van der Waals surface area contributed by atoms with Crippen LogP contribution in [-0.4, -0.2) is 17.7 Å². The fraction of sp³-hybridized carbons (Fsp3) is 0.857. The summed E-state index contributed by atoms with van der Waals surface area (Å²) in [7, 11) is 0. The second-order valence-electron chi connectivity index (χ2n) is 3.32. The molecule has 0 aromatic heterocycles. The van der Waals surface area contributed by atoms with Gasteiger partial charge in [-0.3, -0.25) is 0 Å². The molecule has 64 valence electrons. The van der Waals surface area contributed by atoms with Crippen molar-refractivity contribution in [2.45, 2.75) is 37.8 Å². The summed E-state index contributed by atoms with van der Waals surface area (Å²) in [5, 5.41) is 0. The topological polar surface area (TPSA) is 78.3 Å². The molecule has 1 aliphatic carbocycles. The monoisotopic (exact) mass is 158 g/mol. The molecule has 1 amide bonds. The lowest BCUT2D eigenvalue weighted by atomic mass is 10.00. The average Bonchev–Trinajstić information content (AvgIpc) is 2.10. The highest BCUT2D eigenvalue weighted by Crippen LogP contribution is 2.29. The largest absolute Gasteiger partial charge is 0.444 e. The first-order valence-electron chi connectivity index (χ1n) is 3.77. The number of carbonyl (C=O) groups excluding carboxylic acids is 1. The van der Waals surface area contributed by atoms with Crippen LogP contribution in [0.15, 0.2) is 0 Å².